The fourth-order valence-corrected chi connectivity index (χ4v) is 4.57. The number of hydrogen-bond donors (Lipinski definition) is 1. The number of carbonyl (C=O) groups excluding carboxylic acids is 1. The summed E-state index contributed by atoms with van der Waals surface area (Å²) in [6.45, 7) is 1.92. The first-order chi connectivity index (χ1) is 14.9. The van der Waals surface area contributed by atoms with Gasteiger partial charge in [-0.25, -0.2) is 4.98 Å². The maximum Gasteiger partial charge on any atom is 0.416 e. The molecular weight excluding hydrogens is 423 g/mol. The van der Waals surface area contributed by atoms with Crippen molar-refractivity contribution in [1.82, 2.24) is 15.2 Å². The molecule has 2 aromatic carbocycles. The molecule has 1 aliphatic rings. The SMILES string of the molecule is O=C(/C=C/c1nc2ccccc2s1)NC1CCN(Cc2cccc(C(F)(F)F)c2)CC1. The van der Waals surface area contributed by atoms with E-state index >= 15 is 0 Å². The Labute approximate surface area is 182 Å². The van der Waals surface area contributed by atoms with Crippen LogP contribution in [0.25, 0.3) is 16.3 Å². The highest BCUT2D eigenvalue weighted by molar-refractivity contribution is 7.19. The minimum Gasteiger partial charge on any atom is -0.350 e. The van der Waals surface area contributed by atoms with Gasteiger partial charge in [0.15, 0.2) is 0 Å². The van der Waals surface area contributed by atoms with Gasteiger partial charge in [0.25, 0.3) is 0 Å². The number of rotatable bonds is 5. The molecule has 4 rings (SSSR count). The first-order valence-electron chi connectivity index (χ1n) is 10.1. The fraction of sp³-hybridized carbons (Fsp3) is 0.304. The number of aromatic nitrogens is 1. The molecule has 1 aliphatic heterocycles. The first-order valence-corrected chi connectivity index (χ1v) is 10.9. The van der Waals surface area contributed by atoms with Crippen molar-refractivity contribution in [2.75, 3.05) is 13.1 Å². The van der Waals surface area contributed by atoms with E-state index in [2.05, 4.69) is 15.2 Å². The number of likely N-dealkylation sites (tertiary alicyclic amines) is 1. The van der Waals surface area contributed by atoms with Crippen LogP contribution in [0.2, 0.25) is 0 Å². The Balaban J connectivity index is 1.25. The molecule has 0 radical (unpaired) electrons. The predicted octanol–water partition coefficient (Wildman–Crippen LogP) is 5.11. The Hall–Kier alpha value is -2.71. The highest BCUT2D eigenvalue weighted by atomic mass is 32.1. The van der Waals surface area contributed by atoms with E-state index in [0.717, 1.165) is 47.2 Å². The second kappa shape index (κ2) is 9.20. The number of fused-ring (bicyclic) bond motifs is 1. The van der Waals surface area contributed by atoms with Gasteiger partial charge in [-0.05, 0) is 42.7 Å². The Morgan fingerprint density at radius 1 is 1.16 bits per heavy atom. The summed E-state index contributed by atoms with van der Waals surface area (Å²) in [4.78, 5) is 18.9. The topological polar surface area (TPSA) is 45.2 Å². The third kappa shape index (κ3) is 5.71. The minimum absolute atomic E-state index is 0.0604. The quantitative estimate of drug-likeness (QED) is 0.555. The number of para-hydroxylation sites is 1. The summed E-state index contributed by atoms with van der Waals surface area (Å²) in [5, 5.41) is 3.80. The molecule has 1 amide bonds. The number of thiazole rings is 1. The highest BCUT2D eigenvalue weighted by Crippen LogP contribution is 2.30. The number of amides is 1. The van der Waals surface area contributed by atoms with Crippen LogP contribution in [-0.2, 0) is 17.5 Å². The maximum absolute atomic E-state index is 12.9. The second-order valence-electron chi connectivity index (χ2n) is 7.61. The standard InChI is InChI=1S/C23H22F3N3OS/c24-23(25,26)17-5-3-4-16(14-17)15-29-12-10-18(11-13-29)27-21(30)8-9-22-28-19-6-1-2-7-20(19)31-22/h1-9,14,18H,10-13,15H2,(H,27,30)/b9-8+. The van der Waals surface area contributed by atoms with Gasteiger partial charge < -0.3 is 5.32 Å². The molecule has 0 bridgehead atoms. The second-order valence-corrected chi connectivity index (χ2v) is 8.67. The zero-order valence-corrected chi connectivity index (χ0v) is 17.5. The molecular formula is C23H22F3N3OS. The van der Waals surface area contributed by atoms with E-state index in [4.69, 9.17) is 0 Å². The molecule has 0 saturated carbocycles. The summed E-state index contributed by atoms with van der Waals surface area (Å²) in [5.74, 6) is -0.157. The van der Waals surface area contributed by atoms with E-state index in [9.17, 15) is 18.0 Å². The Morgan fingerprint density at radius 2 is 1.94 bits per heavy atom. The largest absolute Gasteiger partial charge is 0.416 e. The van der Waals surface area contributed by atoms with Crippen LogP contribution in [0.15, 0.2) is 54.6 Å². The molecule has 0 atom stereocenters. The van der Waals surface area contributed by atoms with E-state index in [1.807, 2.05) is 24.3 Å². The van der Waals surface area contributed by atoms with Crippen LogP contribution < -0.4 is 5.32 Å². The van der Waals surface area contributed by atoms with Gasteiger partial charge in [0, 0.05) is 31.8 Å². The number of benzene rings is 2. The van der Waals surface area contributed by atoms with Gasteiger partial charge in [0.05, 0.1) is 15.8 Å². The number of alkyl halides is 3. The number of piperidine rings is 1. The first kappa shape index (κ1) is 21.5. The number of carbonyl (C=O) groups is 1. The van der Waals surface area contributed by atoms with E-state index in [-0.39, 0.29) is 11.9 Å². The minimum atomic E-state index is -4.33. The number of halogens is 3. The Kier molecular flexibility index (Phi) is 6.38. The van der Waals surface area contributed by atoms with Crippen LogP contribution in [0, 0.1) is 0 Å². The Morgan fingerprint density at radius 3 is 2.68 bits per heavy atom. The lowest BCUT2D eigenvalue weighted by atomic mass is 10.0. The summed E-state index contributed by atoms with van der Waals surface area (Å²) < 4.78 is 39.7. The van der Waals surface area contributed by atoms with Crippen molar-refractivity contribution in [2.45, 2.75) is 31.6 Å². The van der Waals surface area contributed by atoms with Crippen LogP contribution in [0.1, 0.15) is 29.0 Å². The van der Waals surface area contributed by atoms with Crippen molar-refractivity contribution in [3.8, 4) is 0 Å². The van der Waals surface area contributed by atoms with Gasteiger partial charge in [-0.2, -0.15) is 13.2 Å². The van der Waals surface area contributed by atoms with Crippen LogP contribution in [0.5, 0.6) is 0 Å². The lowest BCUT2D eigenvalue weighted by Crippen LogP contribution is -2.43. The van der Waals surface area contributed by atoms with Gasteiger partial charge in [-0.1, -0.05) is 30.3 Å². The number of nitrogens with one attached hydrogen (secondary N) is 1. The molecule has 1 aromatic heterocycles. The van der Waals surface area contributed by atoms with Crippen LogP contribution in [0.3, 0.4) is 0 Å². The molecule has 1 N–H and O–H groups in total. The monoisotopic (exact) mass is 445 g/mol. The molecule has 1 saturated heterocycles. The summed E-state index contributed by atoms with van der Waals surface area (Å²) in [6, 6.07) is 13.4. The van der Waals surface area contributed by atoms with E-state index in [0.29, 0.717) is 12.1 Å². The predicted molar refractivity (Wildman–Crippen MR) is 117 cm³/mol. The van der Waals surface area contributed by atoms with Crippen LogP contribution >= 0.6 is 11.3 Å². The van der Waals surface area contributed by atoms with Gasteiger partial charge in [0.2, 0.25) is 5.91 Å². The molecule has 31 heavy (non-hydrogen) atoms. The molecule has 8 heteroatoms. The van der Waals surface area contributed by atoms with Crippen LogP contribution in [0.4, 0.5) is 13.2 Å². The van der Waals surface area contributed by atoms with Crippen molar-refractivity contribution >= 4 is 33.5 Å². The van der Waals surface area contributed by atoms with E-state index in [1.165, 1.54) is 29.5 Å². The van der Waals surface area contributed by atoms with Crippen molar-refractivity contribution in [1.29, 1.82) is 0 Å². The number of hydrogen-bond acceptors (Lipinski definition) is 4. The van der Waals surface area contributed by atoms with Crippen molar-refractivity contribution < 1.29 is 18.0 Å². The van der Waals surface area contributed by atoms with Gasteiger partial charge >= 0.3 is 6.18 Å². The summed E-state index contributed by atoms with van der Waals surface area (Å²) in [6.07, 6.45) is 0.432. The molecule has 1 fully saturated rings. The maximum atomic E-state index is 12.9. The van der Waals surface area contributed by atoms with Gasteiger partial charge in [0.1, 0.15) is 5.01 Å². The zero-order chi connectivity index (χ0) is 21.8. The van der Waals surface area contributed by atoms with E-state index < -0.39 is 11.7 Å². The summed E-state index contributed by atoms with van der Waals surface area (Å²) >= 11 is 1.53. The molecule has 162 valence electrons. The molecule has 3 aromatic rings. The fourth-order valence-electron chi connectivity index (χ4n) is 3.70. The molecule has 0 unspecified atom stereocenters. The van der Waals surface area contributed by atoms with Gasteiger partial charge in [-0.3, -0.25) is 9.69 Å². The van der Waals surface area contributed by atoms with Crippen molar-refractivity contribution in [2.24, 2.45) is 0 Å². The summed E-state index contributed by atoms with van der Waals surface area (Å²) in [5.41, 5.74) is 0.948. The zero-order valence-electron chi connectivity index (χ0n) is 16.7. The Bertz CT molecular complexity index is 1050. The van der Waals surface area contributed by atoms with Crippen molar-refractivity contribution in [3.05, 3.63) is 70.7 Å². The van der Waals surface area contributed by atoms with Gasteiger partial charge in [-0.15, -0.1) is 11.3 Å². The average molecular weight is 446 g/mol. The molecule has 0 aliphatic carbocycles. The lowest BCUT2D eigenvalue weighted by molar-refractivity contribution is -0.137. The van der Waals surface area contributed by atoms with E-state index in [1.54, 1.807) is 12.1 Å². The molecule has 0 spiro atoms. The molecule has 2 heterocycles. The average Bonchev–Trinajstić information content (AvgIpc) is 3.16. The summed E-state index contributed by atoms with van der Waals surface area (Å²) in [7, 11) is 0. The molecule has 4 nitrogen and oxygen atoms in total. The highest BCUT2D eigenvalue weighted by Gasteiger charge is 2.30. The third-order valence-corrected chi connectivity index (χ3v) is 6.28. The lowest BCUT2D eigenvalue weighted by Gasteiger charge is -2.32. The number of nitrogens with zero attached hydrogens (tertiary/aromatic N) is 2. The normalized spacial score (nSPS) is 16.2. The smallest absolute Gasteiger partial charge is 0.350 e. The third-order valence-electron chi connectivity index (χ3n) is 5.28. The van der Waals surface area contributed by atoms with Crippen molar-refractivity contribution in [3.63, 3.8) is 0 Å². The van der Waals surface area contributed by atoms with Crippen LogP contribution in [-0.4, -0.2) is 34.9 Å².